The number of hydrogen-bond donors (Lipinski definition) is 1. The Morgan fingerprint density at radius 2 is 1.72 bits per heavy atom. The Hall–Kier alpha value is -2.55. The number of anilines is 1. The lowest BCUT2D eigenvalue weighted by molar-refractivity contribution is -0.131. The third-order valence-electron chi connectivity index (χ3n) is 4.34. The molecule has 2 rings (SSSR count). The zero-order valence-electron chi connectivity index (χ0n) is 18.2. The summed E-state index contributed by atoms with van der Waals surface area (Å²) in [6, 6.07) is 17.4. The Labute approximate surface area is 175 Å². The van der Waals surface area contributed by atoms with Gasteiger partial charge in [-0.05, 0) is 43.7 Å². The number of ether oxygens (including phenoxy) is 2. The molecule has 0 aromatic heterocycles. The number of carbonyl (C=O) groups excluding carboxylic acids is 1. The minimum absolute atomic E-state index is 0.0608. The highest BCUT2D eigenvalue weighted by atomic mass is 28.3. The molecule has 2 aromatic carbocycles. The number of methoxy groups -OCH3 is 1. The van der Waals surface area contributed by atoms with Gasteiger partial charge in [0.25, 0.3) is 0 Å². The summed E-state index contributed by atoms with van der Waals surface area (Å²) in [4.78, 5) is 12.6. The standard InChI is InChI=1S/C24H31NO3Si/c1-19(26)23(28-18-20-10-8-7-9-11-20)24(2,16-17-29(4,5)6)25-21-12-14-22(27-3)15-13-21/h7-15,23,25H,18H2,1-6H3/t23-,24+/m1/s1. The maximum absolute atomic E-state index is 12.6. The minimum Gasteiger partial charge on any atom is -0.497 e. The Kier molecular flexibility index (Phi) is 7.66. The largest absolute Gasteiger partial charge is 0.497 e. The summed E-state index contributed by atoms with van der Waals surface area (Å²) >= 11 is 0. The van der Waals surface area contributed by atoms with E-state index in [1.54, 1.807) is 14.0 Å². The van der Waals surface area contributed by atoms with E-state index in [0.717, 1.165) is 17.0 Å². The zero-order chi connectivity index (χ0) is 21.5. The Morgan fingerprint density at radius 3 is 2.24 bits per heavy atom. The third-order valence-corrected chi connectivity index (χ3v) is 5.22. The first-order valence-corrected chi connectivity index (χ1v) is 13.3. The second-order valence-electron chi connectivity index (χ2n) is 8.34. The number of nitrogens with one attached hydrogen (secondary N) is 1. The van der Waals surface area contributed by atoms with Gasteiger partial charge in [-0.2, -0.15) is 0 Å². The van der Waals surface area contributed by atoms with Crippen LogP contribution in [-0.2, 0) is 16.1 Å². The molecule has 154 valence electrons. The SMILES string of the molecule is COc1ccc(N[C@@](C)(C#C[Si](C)(C)C)[C@H](OCc2ccccc2)C(C)=O)cc1. The van der Waals surface area contributed by atoms with Gasteiger partial charge in [0, 0.05) is 5.69 Å². The van der Waals surface area contributed by atoms with Crippen LogP contribution >= 0.6 is 0 Å². The van der Waals surface area contributed by atoms with Gasteiger partial charge in [-0.15, -0.1) is 5.54 Å². The molecule has 0 amide bonds. The first kappa shape index (κ1) is 22.7. The van der Waals surface area contributed by atoms with E-state index < -0.39 is 19.7 Å². The molecule has 0 heterocycles. The van der Waals surface area contributed by atoms with E-state index in [1.807, 2.05) is 61.5 Å². The van der Waals surface area contributed by atoms with Gasteiger partial charge < -0.3 is 14.8 Å². The number of carbonyl (C=O) groups is 1. The van der Waals surface area contributed by atoms with Crippen molar-refractivity contribution in [2.45, 2.75) is 51.7 Å². The molecule has 2 atom stereocenters. The van der Waals surface area contributed by atoms with Crippen LogP contribution in [0.25, 0.3) is 0 Å². The number of rotatable bonds is 8. The summed E-state index contributed by atoms with van der Waals surface area (Å²) in [6.45, 7) is 10.4. The van der Waals surface area contributed by atoms with Crippen molar-refractivity contribution in [2.24, 2.45) is 0 Å². The average molecular weight is 410 g/mol. The molecule has 0 aliphatic heterocycles. The van der Waals surface area contributed by atoms with Crippen LogP contribution in [0, 0.1) is 11.5 Å². The van der Waals surface area contributed by atoms with Crippen LogP contribution in [0.5, 0.6) is 5.75 Å². The Balaban J connectivity index is 2.35. The summed E-state index contributed by atoms with van der Waals surface area (Å²) in [5.74, 6) is 4.07. The number of hydrogen-bond acceptors (Lipinski definition) is 4. The van der Waals surface area contributed by atoms with Gasteiger partial charge in [0.1, 0.15) is 25.5 Å². The van der Waals surface area contributed by atoms with Crippen LogP contribution < -0.4 is 10.1 Å². The monoisotopic (exact) mass is 409 g/mol. The second-order valence-corrected chi connectivity index (χ2v) is 13.1. The molecule has 0 fully saturated rings. The molecule has 0 saturated heterocycles. The molecule has 2 aromatic rings. The number of benzene rings is 2. The van der Waals surface area contributed by atoms with Gasteiger partial charge in [0.05, 0.1) is 13.7 Å². The highest BCUT2D eigenvalue weighted by Crippen LogP contribution is 2.24. The fraction of sp³-hybridized carbons (Fsp3) is 0.375. The Bertz CT molecular complexity index is 863. The first-order chi connectivity index (χ1) is 13.6. The lowest BCUT2D eigenvalue weighted by Gasteiger charge is -2.34. The molecule has 5 heteroatoms. The Morgan fingerprint density at radius 1 is 1.10 bits per heavy atom. The van der Waals surface area contributed by atoms with Crippen molar-refractivity contribution in [1.29, 1.82) is 0 Å². The normalized spacial score (nSPS) is 14.1. The molecule has 0 bridgehead atoms. The minimum atomic E-state index is -1.65. The van der Waals surface area contributed by atoms with E-state index >= 15 is 0 Å². The molecular formula is C24H31NO3Si. The summed E-state index contributed by atoms with van der Waals surface area (Å²) in [6.07, 6.45) is -0.714. The molecule has 0 aliphatic rings. The van der Waals surface area contributed by atoms with Crippen molar-refractivity contribution in [3.8, 4) is 17.2 Å². The van der Waals surface area contributed by atoms with Crippen molar-refractivity contribution >= 4 is 19.5 Å². The van der Waals surface area contributed by atoms with Gasteiger partial charge in [0.2, 0.25) is 0 Å². The van der Waals surface area contributed by atoms with Gasteiger partial charge in [0.15, 0.2) is 5.78 Å². The molecule has 29 heavy (non-hydrogen) atoms. The molecule has 0 saturated carbocycles. The van der Waals surface area contributed by atoms with Crippen molar-refractivity contribution in [3.63, 3.8) is 0 Å². The van der Waals surface area contributed by atoms with Gasteiger partial charge in [-0.25, -0.2) is 0 Å². The number of ketones is 1. The van der Waals surface area contributed by atoms with E-state index in [2.05, 4.69) is 36.4 Å². The molecule has 0 aliphatic carbocycles. The molecule has 4 nitrogen and oxygen atoms in total. The predicted molar refractivity (Wildman–Crippen MR) is 122 cm³/mol. The number of Topliss-reactive ketones (excluding diaryl/α,β-unsaturated/α-hetero) is 1. The fourth-order valence-electron chi connectivity index (χ4n) is 2.90. The zero-order valence-corrected chi connectivity index (χ0v) is 19.2. The highest BCUT2D eigenvalue weighted by Gasteiger charge is 2.37. The maximum atomic E-state index is 12.6. The van der Waals surface area contributed by atoms with Crippen LogP contribution in [0.15, 0.2) is 54.6 Å². The van der Waals surface area contributed by atoms with Crippen LogP contribution in [0.2, 0.25) is 19.6 Å². The molecule has 0 radical (unpaired) electrons. The van der Waals surface area contributed by atoms with E-state index in [9.17, 15) is 4.79 Å². The highest BCUT2D eigenvalue weighted by molar-refractivity contribution is 6.83. The molecule has 0 unspecified atom stereocenters. The van der Waals surface area contributed by atoms with Gasteiger partial charge in [-0.3, -0.25) is 4.79 Å². The third kappa shape index (κ3) is 7.08. The summed E-state index contributed by atoms with van der Waals surface area (Å²) in [5, 5.41) is 3.44. The predicted octanol–water partition coefficient (Wildman–Crippen LogP) is 4.92. The van der Waals surface area contributed by atoms with Gasteiger partial charge in [-0.1, -0.05) is 55.9 Å². The van der Waals surface area contributed by atoms with Crippen molar-refractivity contribution < 1.29 is 14.3 Å². The lowest BCUT2D eigenvalue weighted by Crippen LogP contribution is -2.51. The smallest absolute Gasteiger partial charge is 0.161 e. The van der Waals surface area contributed by atoms with E-state index in [-0.39, 0.29) is 5.78 Å². The lowest BCUT2D eigenvalue weighted by atomic mass is 9.92. The van der Waals surface area contributed by atoms with Crippen molar-refractivity contribution in [2.75, 3.05) is 12.4 Å². The second kappa shape index (κ2) is 9.77. The van der Waals surface area contributed by atoms with Crippen LogP contribution in [0.3, 0.4) is 0 Å². The van der Waals surface area contributed by atoms with E-state index in [1.165, 1.54) is 0 Å². The maximum Gasteiger partial charge on any atom is 0.161 e. The summed E-state index contributed by atoms with van der Waals surface area (Å²) in [5.41, 5.74) is 4.41. The van der Waals surface area contributed by atoms with E-state index in [0.29, 0.717) is 6.61 Å². The molecule has 1 N–H and O–H groups in total. The fourth-order valence-corrected chi connectivity index (χ4v) is 3.53. The van der Waals surface area contributed by atoms with Crippen molar-refractivity contribution in [1.82, 2.24) is 0 Å². The summed E-state index contributed by atoms with van der Waals surface area (Å²) < 4.78 is 11.3. The first-order valence-electron chi connectivity index (χ1n) is 9.75. The topological polar surface area (TPSA) is 47.6 Å². The molecule has 0 spiro atoms. The quantitative estimate of drug-likeness (QED) is 0.496. The molecular weight excluding hydrogens is 378 g/mol. The average Bonchev–Trinajstić information content (AvgIpc) is 2.67. The van der Waals surface area contributed by atoms with Gasteiger partial charge >= 0.3 is 0 Å². The van der Waals surface area contributed by atoms with Crippen LogP contribution in [0.1, 0.15) is 19.4 Å². The van der Waals surface area contributed by atoms with E-state index in [4.69, 9.17) is 9.47 Å². The summed E-state index contributed by atoms with van der Waals surface area (Å²) in [7, 11) is -0.0203. The van der Waals surface area contributed by atoms with Crippen LogP contribution in [-0.4, -0.2) is 32.6 Å². The van der Waals surface area contributed by atoms with Crippen molar-refractivity contribution in [3.05, 3.63) is 60.2 Å². The van der Waals surface area contributed by atoms with Crippen LogP contribution in [0.4, 0.5) is 5.69 Å².